The highest BCUT2D eigenvalue weighted by atomic mass is 35.5. The quantitative estimate of drug-likeness (QED) is 0.0940. The summed E-state index contributed by atoms with van der Waals surface area (Å²) in [5.41, 5.74) is 3.41. The van der Waals surface area contributed by atoms with Crippen LogP contribution >= 0.6 is 23.4 Å². The summed E-state index contributed by atoms with van der Waals surface area (Å²) < 4.78 is 5.87. The molecule has 0 bridgehead atoms. The molecule has 9 heteroatoms. The van der Waals surface area contributed by atoms with Gasteiger partial charge in [0, 0.05) is 26.9 Å². The van der Waals surface area contributed by atoms with Gasteiger partial charge >= 0.3 is 0 Å². The summed E-state index contributed by atoms with van der Waals surface area (Å²) in [4.78, 5) is 39.6. The molecule has 5 aromatic carbocycles. The summed E-state index contributed by atoms with van der Waals surface area (Å²) in [6.45, 7) is 0.435. The van der Waals surface area contributed by atoms with Crippen molar-refractivity contribution < 1.29 is 19.1 Å². The van der Waals surface area contributed by atoms with Crippen LogP contribution in [0.3, 0.4) is 0 Å². The van der Waals surface area contributed by atoms with Gasteiger partial charge in [-0.05, 0) is 83.9 Å². The number of halogens is 1. The number of carbonyl (C=O) groups is 3. The van der Waals surface area contributed by atoms with Gasteiger partial charge in [-0.3, -0.25) is 14.4 Å². The molecule has 5 rings (SSSR count). The number of thioether (sulfide) groups is 1. The Hall–Kier alpha value is -5.31. The summed E-state index contributed by atoms with van der Waals surface area (Å²) in [5.74, 6) is -0.181. The molecule has 0 aliphatic heterocycles. The molecule has 0 unspecified atom stereocenters. The number of nitrogens with one attached hydrogen (secondary N) is 3. The fourth-order valence-electron chi connectivity index (χ4n) is 4.26. The molecule has 0 saturated carbocycles. The van der Waals surface area contributed by atoms with E-state index < -0.39 is 11.8 Å². The van der Waals surface area contributed by atoms with Gasteiger partial charge < -0.3 is 20.7 Å². The molecular weight excluding hydrogens is 618 g/mol. The van der Waals surface area contributed by atoms with Gasteiger partial charge in [-0.1, -0.05) is 78.3 Å². The molecule has 0 radical (unpaired) electrons. The molecule has 230 valence electrons. The fourth-order valence-corrected chi connectivity index (χ4v) is 5.14. The van der Waals surface area contributed by atoms with E-state index in [0.29, 0.717) is 39.9 Å². The maximum Gasteiger partial charge on any atom is 0.272 e. The fraction of sp³-hybridized carbons (Fsp3) is 0.0541. The Balaban J connectivity index is 1.23. The van der Waals surface area contributed by atoms with Gasteiger partial charge in [-0.15, -0.1) is 11.8 Å². The largest absolute Gasteiger partial charge is 0.489 e. The van der Waals surface area contributed by atoms with E-state index in [4.69, 9.17) is 16.3 Å². The topological polar surface area (TPSA) is 96.5 Å². The first-order valence-corrected chi connectivity index (χ1v) is 15.7. The second-order valence-corrected chi connectivity index (χ2v) is 11.5. The second kappa shape index (κ2) is 16.1. The zero-order valence-electron chi connectivity index (χ0n) is 24.6. The van der Waals surface area contributed by atoms with Gasteiger partial charge in [0.15, 0.2) is 0 Å². The lowest BCUT2D eigenvalue weighted by molar-refractivity contribution is -0.114. The molecule has 0 atom stereocenters. The minimum Gasteiger partial charge on any atom is -0.489 e. The molecule has 3 amide bonds. The number of carbonyl (C=O) groups excluding carboxylic acids is 3. The van der Waals surface area contributed by atoms with Gasteiger partial charge in [0.2, 0.25) is 5.91 Å². The average Bonchev–Trinajstić information content (AvgIpc) is 3.08. The van der Waals surface area contributed by atoms with Crippen molar-refractivity contribution in [3.8, 4) is 5.75 Å². The van der Waals surface area contributed by atoms with Crippen LogP contribution < -0.4 is 20.7 Å². The lowest BCUT2D eigenvalue weighted by Gasteiger charge is -2.12. The first kappa shape index (κ1) is 32.1. The molecule has 46 heavy (non-hydrogen) atoms. The maximum absolute atomic E-state index is 13.4. The predicted molar refractivity (Wildman–Crippen MR) is 185 cm³/mol. The SMILES string of the molecule is O=C(CSc1ccc(NC(=O)/C(=C/c2ccc(OCc3ccccc3)cc2)NC(=O)c2ccccc2)cc1)Nc1cccc(Cl)c1. The summed E-state index contributed by atoms with van der Waals surface area (Å²) >= 11 is 7.34. The highest BCUT2D eigenvalue weighted by Gasteiger charge is 2.15. The van der Waals surface area contributed by atoms with E-state index in [1.165, 1.54) is 11.8 Å². The van der Waals surface area contributed by atoms with E-state index in [0.717, 1.165) is 10.5 Å². The third-order valence-corrected chi connectivity index (χ3v) is 7.81. The third-order valence-electron chi connectivity index (χ3n) is 6.56. The molecule has 0 fully saturated rings. The molecule has 0 spiro atoms. The molecule has 0 aliphatic rings. The third kappa shape index (κ3) is 9.85. The van der Waals surface area contributed by atoms with Gasteiger partial charge in [0.1, 0.15) is 18.1 Å². The van der Waals surface area contributed by atoms with E-state index in [1.54, 1.807) is 66.7 Å². The summed E-state index contributed by atoms with van der Waals surface area (Å²) in [6, 6.07) is 39.9. The van der Waals surface area contributed by atoms with E-state index in [-0.39, 0.29) is 17.4 Å². The smallest absolute Gasteiger partial charge is 0.272 e. The van der Waals surface area contributed by atoms with Crippen LogP contribution in [0.15, 0.2) is 144 Å². The van der Waals surface area contributed by atoms with Gasteiger partial charge in [-0.25, -0.2) is 0 Å². The zero-order chi connectivity index (χ0) is 32.1. The van der Waals surface area contributed by atoms with Crippen molar-refractivity contribution in [2.75, 3.05) is 16.4 Å². The highest BCUT2D eigenvalue weighted by molar-refractivity contribution is 8.00. The standard InChI is InChI=1S/C37H30ClN3O4S/c38-29-12-7-13-31(23-29)39-35(42)25-46-33-20-16-30(17-21-33)40-37(44)34(41-36(43)28-10-5-2-6-11-28)22-26-14-18-32(19-15-26)45-24-27-8-3-1-4-9-27/h1-23H,24-25H2,(H,39,42)(H,40,44)(H,41,43)/b34-22-. The van der Waals surface area contributed by atoms with Crippen molar-refractivity contribution in [1.82, 2.24) is 5.32 Å². The van der Waals surface area contributed by atoms with Crippen LogP contribution in [-0.2, 0) is 16.2 Å². The van der Waals surface area contributed by atoms with Gasteiger partial charge in [0.25, 0.3) is 11.8 Å². The minimum atomic E-state index is -0.491. The second-order valence-electron chi connectivity index (χ2n) is 10.0. The van der Waals surface area contributed by atoms with Gasteiger partial charge in [-0.2, -0.15) is 0 Å². The van der Waals surface area contributed by atoms with Crippen LogP contribution in [0.25, 0.3) is 6.08 Å². The number of hydrogen-bond donors (Lipinski definition) is 3. The van der Waals surface area contributed by atoms with E-state index in [1.807, 2.05) is 72.8 Å². The van der Waals surface area contributed by atoms with Crippen molar-refractivity contribution in [1.29, 1.82) is 0 Å². The molecule has 3 N–H and O–H groups in total. The Labute approximate surface area is 276 Å². The summed E-state index contributed by atoms with van der Waals surface area (Å²) in [7, 11) is 0. The van der Waals surface area contributed by atoms with Gasteiger partial charge in [0.05, 0.1) is 5.75 Å². The minimum absolute atomic E-state index is 0.0722. The van der Waals surface area contributed by atoms with E-state index >= 15 is 0 Å². The number of amides is 3. The lowest BCUT2D eigenvalue weighted by Crippen LogP contribution is -2.30. The highest BCUT2D eigenvalue weighted by Crippen LogP contribution is 2.22. The van der Waals surface area contributed by atoms with Crippen LogP contribution in [0.2, 0.25) is 5.02 Å². The van der Waals surface area contributed by atoms with Crippen molar-refractivity contribution in [3.63, 3.8) is 0 Å². The average molecular weight is 648 g/mol. The number of rotatable bonds is 12. The Morgan fingerprint density at radius 2 is 1.41 bits per heavy atom. The van der Waals surface area contributed by atoms with Crippen molar-refractivity contribution in [2.45, 2.75) is 11.5 Å². The van der Waals surface area contributed by atoms with Crippen LogP contribution in [0.5, 0.6) is 5.75 Å². The number of anilines is 2. The monoisotopic (exact) mass is 647 g/mol. The molecule has 0 saturated heterocycles. The first-order valence-electron chi connectivity index (χ1n) is 14.4. The predicted octanol–water partition coefficient (Wildman–Crippen LogP) is 8.06. The summed E-state index contributed by atoms with van der Waals surface area (Å²) in [6.07, 6.45) is 1.61. The number of ether oxygens (including phenoxy) is 1. The Bertz CT molecular complexity index is 1810. The van der Waals surface area contributed by atoms with Crippen LogP contribution in [-0.4, -0.2) is 23.5 Å². The van der Waals surface area contributed by atoms with E-state index in [2.05, 4.69) is 16.0 Å². The van der Waals surface area contributed by atoms with Crippen molar-refractivity contribution in [3.05, 3.63) is 161 Å². The van der Waals surface area contributed by atoms with Crippen molar-refractivity contribution >= 4 is 58.5 Å². The number of benzene rings is 5. The zero-order valence-corrected chi connectivity index (χ0v) is 26.2. The molecule has 0 heterocycles. The molecule has 0 aliphatic carbocycles. The van der Waals surface area contributed by atoms with Crippen LogP contribution in [0, 0.1) is 0 Å². The Morgan fingerprint density at radius 3 is 2.11 bits per heavy atom. The molecule has 5 aromatic rings. The number of hydrogen-bond acceptors (Lipinski definition) is 5. The Kier molecular flexibility index (Phi) is 11.3. The lowest BCUT2D eigenvalue weighted by atomic mass is 10.1. The van der Waals surface area contributed by atoms with Crippen LogP contribution in [0.1, 0.15) is 21.5 Å². The maximum atomic E-state index is 13.4. The van der Waals surface area contributed by atoms with E-state index in [9.17, 15) is 14.4 Å². The Morgan fingerprint density at radius 1 is 0.717 bits per heavy atom. The van der Waals surface area contributed by atoms with Crippen molar-refractivity contribution in [2.24, 2.45) is 0 Å². The van der Waals surface area contributed by atoms with Crippen LogP contribution in [0.4, 0.5) is 11.4 Å². The molecule has 7 nitrogen and oxygen atoms in total. The molecular formula is C37H30ClN3O4S. The first-order chi connectivity index (χ1) is 22.4. The normalized spacial score (nSPS) is 10.9. The molecule has 0 aromatic heterocycles. The summed E-state index contributed by atoms with van der Waals surface area (Å²) in [5, 5.41) is 8.97.